The molecule has 10 nitrogen and oxygen atoms in total. The average Bonchev–Trinajstić information content (AvgIpc) is 3.50. The van der Waals surface area contributed by atoms with Crippen LogP contribution in [0.25, 0.3) is 28.0 Å². The number of aromatic amines is 1. The van der Waals surface area contributed by atoms with E-state index >= 15 is 0 Å². The first kappa shape index (κ1) is 31.8. The number of aromatic nitrogens is 3. The number of rotatable bonds is 12. The highest BCUT2D eigenvalue weighted by molar-refractivity contribution is 7.89. The Bertz CT molecular complexity index is 1950. The Kier molecular flexibility index (Phi) is 9.76. The van der Waals surface area contributed by atoms with Crippen LogP contribution < -0.4 is 16.3 Å². The van der Waals surface area contributed by atoms with Crippen LogP contribution in [0.2, 0.25) is 0 Å². The third-order valence-electron chi connectivity index (χ3n) is 8.61. The van der Waals surface area contributed by atoms with E-state index in [0.29, 0.717) is 18.6 Å². The lowest BCUT2D eigenvalue weighted by molar-refractivity contribution is 0.260. The molecule has 46 heavy (non-hydrogen) atoms. The number of nitrogens with zero attached hydrogens (tertiary/aromatic N) is 3. The molecule has 1 aliphatic heterocycles. The Hall–Kier alpha value is -4.13. The standard InChI is InChI=1S/C35H40N6O4S/c1-36-22-26-7-11-30(12-8-26)40-23-29-21-33(38-34(29)39-35(40)43)28-9-13-32(14-10-28)46(44,45)41(31-15-17-37-18-16-31)19-3-6-25-4-2-5-27(20-25)24-42/h2,4-5,7-14,20-21,23,31,36-37,42H,3,6,15-19,22,24H2,1H3,(H,38,39,43). The fourth-order valence-electron chi connectivity index (χ4n) is 6.17. The van der Waals surface area contributed by atoms with Gasteiger partial charge >= 0.3 is 5.69 Å². The molecule has 2 aromatic heterocycles. The minimum absolute atomic E-state index is 0.0139. The van der Waals surface area contributed by atoms with Crippen molar-refractivity contribution >= 4 is 21.1 Å². The minimum atomic E-state index is -3.75. The van der Waals surface area contributed by atoms with E-state index < -0.39 is 10.0 Å². The maximum absolute atomic E-state index is 14.0. The zero-order valence-electron chi connectivity index (χ0n) is 25.9. The predicted molar refractivity (Wildman–Crippen MR) is 180 cm³/mol. The third kappa shape index (κ3) is 6.98. The number of aryl methyl sites for hydroxylation is 1. The van der Waals surface area contributed by atoms with Gasteiger partial charge in [0, 0.05) is 36.4 Å². The molecule has 240 valence electrons. The minimum Gasteiger partial charge on any atom is -0.392 e. The summed E-state index contributed by atoms with van der Waals surface area (Å²) in [5, 5.41) is 16.7. The molecule has 0 atom stereocenters. The lowest BCUT2D eigenvalue weighted by atomic mass is 10.0. The summed E-state index contributed by atoms with van der Waals surface area (Å²) in [5.41, 5.74) is 5.42. The second-order valence-electron chi connectivity index (χ2n) is 11.8. The van der Waals surface area contributed by atoms with Crippen molar-refractivity contribution in [2.45, 2.75) is 49.8 Å². The quantitative estimate of drug-likeness (QED) is 0.162. The van der Waals surface area contributed by atoms with Gasteiger partial charge in [0.05, 0.1) is 17.2 Å². The van der Waals surface area contributed by atoms with E-state index in [-0.39, 0.29) is 23.2 Å². The summed E-state index contributed by atoms with van der Waals surface area (Å²) >= 11 is 0. The SMILES string of the molecule is CNCc1ccc(-n2cc3cc(-c4ccc(S(=O)(=O)N(CCCc5cccc(CO)c5)C5CCNCC5)cc4)[nH]c3nc2=O)cc1. The van der Waals surface area contributed by atoms with Gasteiger partial charge in [-0.1, -0.05) is 48.5 Å². The van der Waals surface area contributed by atoms with Crippen LogP contribution in [-0.4, -0.2) is 65.1 Å². The first-order valence-electron chi connectivity index (χ1n) is 15.7. The van der Waals surface area contributed by atoms with E-state index in [1.165, 1.54) is 4.57 Å². The summed E-state index contributed by atoms with van der Waals surface area (Å²) in [6.45, 7) is 2.72. The van der Waals surface area contributed by atoms with Gasteiger partial charge < -0.3 is 20.7 Å². The highest BCUT2D eigenvalue weighted by atomic mass is 32.2. The van der Waals surface area contributed by atoms with Crippen LogP contribution in [0.1, 0.15) is 36.0 Å². The van der Waals surface area contributed by atoms with E-state index in [4.69, 9.17) is 0 Å². The fraction of sp³-hybridized carbons (Fsp3) is 0.314. The molecule has 11 heteroatoms. The number of benzene rings is 3. The molecule has 0 bridgehead atoms. The van der Waals surface area contributed by atoms with Crippen LogP contribution in [-0.2, 0) is 29.6 Å². The molecule has 1 fully saturated rings. The van der Waals surface area contributed by atoms with E-state index in [1.54, 1.807) is 34.8 Å². The molecule has 6 rings (SSSR count). The van der Waals surface area contributed by atoms with Crippen LogP contribution in [0.3, 0.4) is 0 Å². The highest BCUT2D eigenvalue weighted by Gasteiger charge is 2.32. The van der Waals surface area contributed by atoms with Crippen LogP contribution >= 0.6 is 0 Å². The molecular formula is C35H40N6O4S. The zero-order valence-corrected chi connectivity index (χ0v) is 26.8. The molecule has 4 N–H and O–H groups in total. The maximum Gasteiger partial charge on any atom is 0.354 e. The number of fused-ring (bicyclic) bond motifs is 1. The molecule has 0 amide bonds. The van der Waals surface area contributed by atoms with Crippen molar-refractivity contribution in [2.75, 3.05) is 26.7 Å². The van der Waals surface area contributed by atoms with E-state index in [9.17, 15) is 18.3 Å². The van der Waals surface area contributed by atoms with Crippen molar-refractivity contribution < 1.29 is 13.5 Å². The second-order valence-corrected chi connectivity index (χ2v) is 13.7. The van der Waals surface area contributed by atoms with E-state index in [2.05, 4.69) is 20.6 Å². The Morgan fingerprint density at radius 2 is 1.72 bits per heavy atom. The Balaban J connectivity index is 1.22. The predicted octanol–water partition coefficient (Wildman–Crippen LogP) is 3.97. The van der Waals surface area contributed by atoms with Gasteiger partial charge in [0.15, 0.2) is 0 Å². The molecule has 1 aliphatic rings. The molecule has 1 saturated heterocycles. The number of aliphatic hydroxyl groups is 1. The Morgan fingerprint density at radius 3 is 2.43 bits per heavy atom. The molecule has 0 aliphatic carbocycles. The van der Waals surface area contributed by atoms with Gasteiger partial charge in [-0.15, -0.1) is 0 Å². The molecule has 0 saturated carbocycles. The number of aliphatic hydroxyl groups excluding tert-OH is 1. The van der Waals surface area contributed by atoms with Crippen LogP contribution in [0.5, 0.6) is 0 Å². The summed E-state index contributed by atoms with van der Waals surface area (Å²) in [4.78, 5) is 20.6. The average molecular weight is 641 g/mol. The lowest BCUT2D eigenvalue weighted by Gasteiger charge is -2.34. The molecule has 0 radical (unpaired) electrons. The number of piperidine rings is 1. The van der Waals surface area contributed by atoms with Crippen molar-refractivity contribution in [3.63, 3.8) is 0 Å². The smallest absolute Gasteiger partial charge is 0.354 e. The van der Waals surface area contributed by atoms with Crippen molar-refractivity contribution in [1.29, 1.82) is 0 Å². The molecule has 5 aromatic rings. The molecule has 0 spiro atoms. The second kappa shape index (κ2) is 14.1. The summed E-state index contributed by atoms with van der Waals surface area (Å²) < 4.78 is 31.3. The first-order valence-corrected chi connectivity index (χ1v) is 17.2. The summed E-state index contributed by atoms with van der Waals surface area (Å²) in [5.74, 6) is 0. The van der Waals surface area contributed by atoms with Crippen LogP contribution in [0.4, 0.5) is 0 Å². The number of hydrogen-bond acceptors (Lipinski definition) is 7. The highest BCUT2D eigenvalue weighted by Crippen LogP contribution is 2.28. The summed E-state index contributed by atoms with van der Waals surface area (Å²) in [6, 6.07) is 24.3. The molecule has 0 unspecified atom stereocenters. The van der Waals surface area contributed by atoms with Crippen molar-refractivity contribution in [1.82, 2.24) is 29.5 Å². The van der Waals surface area contributed by atoms with Gasteiger partial charge in [0.1, 0.15) is 5.65 Å². The third-order valence-corrected chi connectivity index (χ3v) is 10.6. The van der Waals surface area contributed by atoms with Gasteiger partial charge in [-0.3, -0.25) is 4.57 Å². The van der Waals surface area contributed by atoms with Crippen molar-refractivity contribution in [3.05, 3.63) is 112 Å². The number of H-pyrrole nitrogens is 1. The van der Waals surface area contributed by atoms with E-state index in [1.807, 2.05) is 61.6 Å². The maximum atomic E-state index is 14.0. The van der Waals surface area contributed by atoms with Gasteiger partial charge in [-0.25, -0.2) is 13.2 Å². The summed E-state index contributed by atoms with van der Waals surface area (Å²) in [6.07, 6.45) is 4.71. The fourth-order valence-corrected chi connectivity index (χ4v) is 7.90. The summed E-state index contributed by atoms with van der Waals surface area (Å²) in [7, 11) is -1.86. The monoisotopic (exact) mass is 640 g/mol. The molecule has 3 aromatic carbocycles. The zero-order chi connectivity index (χ0) is 32.1. The van der Waals surface area contributed by atoms with Gasteiger partial charge in [-0.05, 0) is 98.4 Å². The molecule has 3 heterocycles. The molecular weight excluding hydrogens is 600 g/mol. The Labute approximate surface area is 269 Å². The van der Waals surface area contributed by atoms with E-state index in [0.717, 1.165) is 77.9 Å². The normalized spacial score (nSPS) is 14.3. The van der Waals surface area contributed by atoms with Gasteiger partial charge in [0.2, 0.25) is 10.0 Å². The lowest BCUT2D eigenvalue weighted by Crippen LogP contribution is -2.46. The van der Waals surface area contributed by atoms with Crippen LogP contribution in [0.15, 0.2) is 94.7 Å². The number of sulfonamides is 1. The van der Waals surface area contributed by atoms with Crippen LogP contribution in [0, 0.1) is 0 Å². The largest absolute Gasteiger partial charge is 0.392 e. The van der Waals surface area contributed by atoms with Crippen molar-refractivity contribution in [3.8, 4) is 16.9 Å². The van der Waals surface area contributed by atoms with Crippen molar-refractivity contribution in [2.24, 2.45) is 0 Å². The topological polar surface area (TPSA) is 132 Å². The number of hydrogen-bond donors (Lipinski definition) is 4. The number of nitrogens with one attached hydrogen (secondary N) is 3. The first-order chi connectivity index (χ1) is 22.4. The Morgan fingerprint density at radius 1 is 0.978 bits per heavy atom. The van der Waals surface area contributed by atoms with Gasteiger partial charge in [0.25, 0.3) is 0 Å². The van der Waals surface area contributed by atoms with Gasteiger partial charge in [-0.2, -0.15) is 9.29 Å².